The first-order valence-electron chi connectivity index (χ1n) is 8.09. The maximum absolute atomic E-state index is 12.7. The summed E-state index contributed by atoms with van der Waals surface area (Å²) in [5, 5.41) is 12.1. The smallest absolute Gasteiger partial charge is 0.305 e. The molecule has 0 radical (unpaired) electrons. The van der Waals surface area contributed by atoms with Crippen molar-refractivity contribution in [3.05, 3.63) is 29.8 Å². The largest absolute Gasteiger partial charge is 0.497 e. The fourth-order valence-corrected chi connectivity index (χ4v) is 2.77. The number of carboxylic acid groups (broad SMARTS) is 1. The van der Waals surface area contributed by atoms with Crippen LogP contribution in [0.4, 0.5) is 0 Å². The number of benzene rings is 1. The van der Waals surface area contributed by atoms with Crippen LogP contribution in [0, 0.1) is 0 Å². The molecule has 0 aliphatic rings. The van der Waals surface area contributed by atoms with Crippen LogP contribution in [0.5, 0.6) is 5.75 Å². The number of ether oxygens (including phenoxy) is 1. The maximum Gasteiger partial charge on any atom is 0.305 e. The summed E-state index contributed by atoms with van der Waals surface area (Å²) in [7, 11) is 1.60. The minimum atomic E-state index is -0.897. The average Bonchev–Trinajstić information content (AvgIpc) is 2.55. The third kappa shape index (κ3) is 4.98. The van der Waals surface area contributed by atoms with Crippen molar-refractivity contribution in [1.29, 1.82) is 0 Å². The fraction of sp³-hybridized carbons (Fsp3) is 0.556. The number of rotatable bonds is 9. The van der Waals surface area contributed by atoms with E-state index in [9.17, 15) is 9.59 Å². The van der Waals surface area contributed by atoms with Gasteiger partial charge in [0.2, 0.25) is 5.91 Å². The summed E-state index contributed by atoms with van der Waals surface area (Å²) in [5.41, 5.74) is 0.213. The van der Waals surface area contributed by atoms with Gasteiger partial charge >= 0.3 is 5.97 Å². The summed E-state index contributed by atoms with van der Waals surface area (Å²) in [6.45, 7) is 5.76. The van der Waals surface area contributed by atoms with Crippen LogP contribution in [0.3, 0.4) is 0 Å². The van der Waals surface area contributed by atoms with Gasteiger partial charge in [0.05, 0.1) is 19.4 Å². The molecule has 1 aromatic carbocycles. The van der Waals surface area contributed by atoms with E-state index in [1.165, 1.54) is 0 Å². The van der Waals surface area contributed by atoms with E-state index >= 15 is 0 Å². The van der Waals surface area contributed by atoms with Crippen molar-refractivity contribution in [3.8, 4) is 5.75 Å². The highest BCUT2D eigenvalue weighted by atomic mass is 16.5. The summed E-state index contributed by atoms with van der Waals surface area (Å²) in [4.78, 5) is 23.8. The van der Waals surface area contributed by atoms with Crippen LogP contribution < -0.4 is 10.1 Å². The molecule has 1 unspecified atom stereocenters. The summed E-state index contributed by atoms with van der Waals surface area (Å²) >= 11 is 0. The number of aliphatic carboxylic acids is 1. The first-order chi connectivity index (χ1) is 10.9. The third-order valence-electron chi connectivity index (χ3n) is 4.47. The molecule has 23 heavy (non-hydrogen) atoms. The Morgan fingerprint density at radius 1 is 1.17 bits per heavy atom. The minimum absolute atomic E-state index is 0.0647. The van der Waals surface area contributed by atoms with Gasteiger partial charge in [-0.1, -0.05) is 32.9 Å². The molecule has 1 aromatic rings. The van der Waals surface area contributed by atoms with E-state index in [0.717, 1.165) is 11.3 Å². The number of amides is 1. The molecule has 0 aliphatic carbocycles. The van der Waals surface area contributed by atoms with Gasteiger partial charge in [-0.15, -0.1) is 0 Å². The fourth-order valence-electron chi connectivity index (χ4n) is 2.77. The standard InChI is InChI=1S/C18H27NO4/c1-5-15(13-8-10-14(23-4)11-9-13)17(22)19-18(6-2,7-3)12-16(20)21/h8-11,15H,5-7,12H2,1-4H3,(H,19,22)(H,20,21). The predicted molar refractivity (Wildman–Crippen MR) is 89.7 cm³/mol. The van der Waals surface area contributed by atoms with Gasteiger partial charge in [-0.2, -0.15) is 0 Å². The molecular formula is C18H27NO4. The zero-order chi connectivity index (χ0) is 17.5. The molecule has 1 amide bonds. The molecule has 0 saturated carbocycles. The Kier molecular flexibility index (Phi) is 7.07. The molecule has 0 aliphatic heterocycles. The van der Waals surface area contributed by atoms with Crippen LogP contribution in [0.1, 0.15) is 57.9 Å². The zero-order valence-electron chi connectivity index (χ0n) is 14.4. The normalized spacial score (nSPS) is 12.5. The van der Waals surface area contributed by atoms with Crippen molar-refractivity contribution in [2.24, 2.45) is 0 Å². The van der Waals surface area contributed by atoms with E-state index < -0.39 is 11.5 Å². The lowest BCUT2D eigenvalue weighted by Gasteiger charge is -2.33. The number of hydrogen-bond donors (Lipinski definition) is 2. The second-order valence-corrected chi connectivity index (χ2v) is 5.78. The molecule has 0 aromatic heterocycles. The van der Waals surface area contributed by atoms with Crippen molar-refractivity contribution in [2.75, 3.05) is 7.11 Å². The lowest BCUT2D eigenvalue weighted by Crippen LogP contribution is -2.50. The number of carbonyl (C=O) groups is 2. The topological polar surface area (TPSA) is 75.6 Å². The molecule has 5 heteroatoms. The average molecular weight is 321 g/mol. The van der Waals surface area contributed by atoms with Gasteiger partial charge in [0.25, 0.3) is 0 Å². The van der Waals surface area contributed by atoms with Gasteiger partial charge in [-0.3, -0.25) is 9.59 Å². The molecule has 2 N–H and O–H groups in total. The molecular weight excluding hydrogens is 294 g/mol. The molecule has 0 heterocycles. The molecule has 5 nitrogen and oxygen atoms in total. The maximum atomic E-state index is 12.7. The van der Waals surface area contributed by atoms with Crippen molar-refractivity contribution in [1.82, 2.24) is 5.32 Å². The summed E-state index contributed by atoms with van der Waals surface area (Å²) in [5.74, 6) is -0.576. The van der Waals surface area contributed by atoms with Crippen molar-refractivity contribution in [3.63, 3.8) is 0 Å². The molecule has 0 saturated heterocycles. The second-order valence-electron chi connectivity index (χ2n) is 5.78. The van der Waals surface area contributed by atoms with Gasteiger partial charge < -0.3 is 15.2 Å². The summed E-state index contributed by atoms with van der Waals surface area (Å²) in [6, 6.07) is 7.41. The predicted octanol–water partition coefficient (Wildman–Crippen LogP) is 3.34. The highest BCUT2D eigenvalue weighted by Crippen LogP contribution is 2.26. The molecule has 1 atom stereocenters. The number of carboxylic acids is 1. The van der Waals surface area contributed by atoms with Crippen LogP contribution in [0.15, 0.2) is 24.3 Å². The van der Waals surface area contributed by atoms with E-state index in [1.54, 1.807) is 7.11 Å². The van der Waals surface area contributed by atoms with E-state index in [-0.39, 0.29) is 18.2 Å². The lowest BCUT2D eigenvalue weighted by molar-refractivity contribution is -0.139. The number of hydrogen-bond acceptors (Lipinski definition) is 3. The molecule has 1 rings (SSSR count). The van der Waals surface area contributed by atoms with Crippen molar-refractivity contribution >= 4 is 11.9 Å². The van der Waals surface area contributed by atoms with E-state index in [4.69, 9.17) is 9.84 Å². The monoisotopic (exact) mass is 321 g/mol. The SMILES string of the molecule is CCC(C(=O)NC(CC)(CC)CC(=O)O)c1ccc(OC)cc1. The molecule has 0 fully saturated rings. The summed E-state index contributed by atoms with van der Waals surface area (Å²) < 4.78 is 5.14. The van der Waals surface area contributed by atoms with Gasteiger partial charge in [-0.25, -0.2) is 0 Å². The Morgan fingerprint density at radius 3 is 2.13 bits per heavy atom. The van der Waals surface area contributed by atoms with Crippen LogP contribution in [-0.2, 0) is 9.59 Å². The Morgan fingerprint density at radius 2 is 1.74 bits per heavy atom. The molecule has 128 valence electrons. The van der Waals surface area contributed by atoms with Crippen molar-refractivity contribution in [2.45, 2.75) is 57.9 Å². The number of nitrogens with one attached hydrogen (secondary N) is 1. The van der Waals surface area contributed by atoms with Gasteiger partial charge in [0.1, 0.15) is 5.75 Å². The van der Waals surface area contributed by atoms with Crippen LogP contribution >= 0.6 is 0 Å². The number of methoxy groups -OCH3 is 1. The van der Waals surface area contributed by atoms with E-state index in [2.05, 4.69) is 5.32 Å². The Hall–Kier alpha value is -2.04. The third-order valence-corrected chi connectivity index (χ3v) is 4.47. The van der Waals surface area contributed by atoms with Gasteiger partial charge in [-0.05, 0) is 37.0 Å². The van der Waals surface area contributed by atoms with Gasteiger partial charge in [0.15, 0.2) is 0 Å². The lowest BCUT2D eigenvalue weighted by atomic mass is 9.87. The minimum Gasteiger partial charge on any atom is -0.497 e. The van der Waals surface area contributed by atoms with Crippen LogP contribution in [0.2, 0.25) is 0 Å². The molecule has 0 bridgehead atoms. The first kappa shape index (κ1) is 19.0. The van der Waals surface area contributed by atoms with Crippen LogP contribution in [0.25, 0.3) is 0 Å². The van der Waals surface area contributed by atoms with E-state index in [1.807, 2.05) is 45.0 Å². The second kappa shape index (κ2) is 8.56. The highest BCUT2D eigenvalue weighted by molar-refractivity contribution is 5.85. The molecule has 0 spiro atoms. The van der Waals surface area contributed by atoms with Crippen LogP contribution in [-0.4, -0.2) is 29.6 Å². The zero-order valence-corrected chi connectivity index (χ0v) is 14.4. The van der Waals surface area contributed by atoms with Gasteiger partial charge in [0, 0.05) is 5.54 Å². The Labute approximate surface area is 138 Å². The highest BCUT2D eigenvalue weighted by Gasteiger charge is 2.33. The number of carbonyl (C=O) groups excluding carboxylic acids is 1. The van der Waals surface area contributed by atoms with Crippen molar-refractivity contribution < 1.29 is 19.4 Å². The quantitative estimate of drug-likeness (QED) is 0.731. The Bertz CT molecular complexity index is 520. The van der Waals surface area contributed by atoms with E-state index in [0.29, 0.717) is 19.3 Å². The summed E-state index contributed by atoms with van der Waals surface area (Å²) in [6.07, 6.45) is 1.75. The Balaban J connectivity index is 2.95. The first-order valence-corrected chi connectivity index (χ1v) is 8.09.